The molecule has 2 aromatic heterocycles. The molecular formula is C25H25N5O3. The van der Waals surface area contributed by atoms with E-state index in [1.54, 1.807) is 16.4 Å². The molecule has 1 amide bonds. The summed E-state index contributed by atoms with van der Waals surface area (Å²) >= 11 is 0. The zero-order chi connectivity index (χ0) is 23.3. The molecule has 0 unspecified atom stereocenters. The van der Waals surface area contributed by atoms with E-state index in [2.05, 4.69) is 22.0 Å². The van der Waals surface area contributed by atoms with E-state index in [0.717, 1.165) is 22.3 Å². The summed E-state index contributed by atoms with van der Waals surface area (Å²) in [5.41, 5.74) is 5.83. The van der Waals surface area contributed by atoms with Crippen LogP contribution in [0.4, 0.5) is 5.69 Å². The van der Waals surface area contributed by atoms with Gasteiger partial charge in [-0.3, -0.25) is 9.59 Å². The van der Waals surface area contributed by atoms with Gasteiger partial charge in [-0.15, -0.1) is 0 Å². The molecule has 0 aliphatic carbocycles. The van der Waals surface area contributed by atoms with Crippen LogP contribution < -0.4 is 10.5 Å². The first-order chi connectivity index (χ1) is 15.9. The SMILES string of the molecule is CCn1c(=O)c(C)nc2cc(-c3noc([C@@H]4CC(=O)N(c5ccc(C)c(C)c5)C4)n3)ccc21. The number of nitrogens with zero attached hydrogens (tertiary/aromatic N) is 5. The second-order valence-electron chi connectivity index (χ2n) is 8.58. The molecule has 5 rings (SSSR count). The van der Waals surface area contributed by atoms with Crippen LogP contribution in [0.25, 0.3) is 22.4 Å². The summed E-state index contributed by atoms with van der Waals surface area (Å²) in [6.07, 6.45) is 0.329. The standard InChI is InChI=1S/C25H25N5O3/c1-5-29-21-9-7-17(11-20(21)26-16(4)25(29)32)23-27-24(33-28-23)18-12-22(31)30(13-18)19-8-6-14(2)15(3)10-19/h6-11,18H,5,12-13H2,1-4H3/t18-/m1/s1. The fourth-order valence-corrected chi connectivity index (χ4v) is 4.36. The van der Waals surface area contributed by atoms with E-state index in [0.29, 0.717) is 42.4 Å². The zero-order valence-electron chi connectivity index (χ0n) is 19.1. The first-order valence-corrected chi connectivity index (χ1v) is 11.1. The zero-order valence-corrected chi connectivity index (χ0v) is 19.1. The molecule has 1 aliphatic heterocycles. The van der Waals surface area contributed by atoms with Crippen molar-refractivity contribution in [3.63, 3.8) is 0 Å². The Labute approximate surface area is 190 Å². The molecule has 4 aromatic rings. The van der Waals surface area contributed by atoms with Gasteiger partial charge in [0.2, 0.25) is 17.6 Å². The number of benzene rings is 2. The molecule has 1 saturated heterocycles. The van der Waals surface area contributed by atoms with Gasteiger partial charge in [0.15, 0.2) is 0 Å². The highest BCUT2D eigenvalue weighted by molar-refractivity contribution is 5.96. The molecule has 1 aliphatic rings. The monoisotopic (exact) mass is 443 g/mol. The van der Waals surface area contributed by atoms with Gasteiger partial charge in [0.05, 0.1) is 17.0 Å². The Balaban J connectivity index is 1.43. The Morgan fingerprint density at radius 3 is 2.61 bits per heavy atom. The van der Waals surface area contributed by atoms with E-state index >= 15 is 0 Å². The second-order valence-corrected chi connectivity index (χ2v) is 8.58. The number of hydrogen-bond acceptors (Lipinski definition) is 6. The Kier molecular flexibility index (Phi) is 5.08. The Bertz CT molecular complexity index is 1450. The molecule has 0 bridgehead atoms. The predicted molar refractivity (Wildman–Crippen MR) is 125 cm³/mol. The van der Waals surface area contributed by atoms with Crippen molar-refractivity contribution >= 4 is 22.6 Å². The summed E-state index contributed by atoms with van der Waals surface area (Å²) < 4.78 is 7.27. The third-order valence-corrected chi connectivity index (χ3v) is 6.40. The first kappa shape index (κ1) is 21.1. The van der Waals surface area contributed by atoms with Crippen molar-refractivity contribution in [1.82, 2.24) is 19.7 Å². The number of carbonyl (C=O) groups is 1. The quantitative estimate of drug-likeness (QED) is 0.475. The molecule has 1 fully saturated rings. The summed E-state index contributed by atoms with van der Waals surface area (Å²) in [4.78, 5) is 35.9. The normalized spacial score (nSPS) is 16.2. The van der Waals surface area contributed by atoms with Crippen molar-refractivity contribution in [3.8, 4) is 11.4 Å². The number of fused-ring (bicyclic) bond motifs is 1. The van der Waals surface area contributed by atoms with E-state index < -0.39 is 0 Å². The Morgan fingerprint density at radius 2 is 1.85 bits per heavy atom. The molecule has 2 aromatic carbocycles. The number of rotatable bonds is 4. The molecule has 0 saturated carbocycles. The van der Waals surface area contributed by atoms with Crippen LogP contribution in [0.5, 0.6) is 0 Å². The lowest BCUT2D eigenvalue weighted by Crippen LogP contribution is -2.24. The van der Waals surface area contributed by atoms with Gasteiger partial charge < -0.3 is 14.0 Å². The van der Waals surface area contributed by atoms with Gasteiger partial charge >= 0.3 is 0 Å². The average molecular weight is 444 g/mol. The highest BCUT2D eigenvalue weighted by Gasteiger charge is 2.35. The minimum Gasteiger partial charge on any atom is -0.339 e. The maximum atomic E-state index is 12.7. The second kappa shape index (κ2) is 7.95. The molecule has 0 radical (unpaired) electrons. The molecule has 0 N–H and O–H groups in total. The Morgan fingerprint density at radius 1 is 1.03 bits per heavy atom. The maximum absolute atomic E-state index is 12.7. The third-order valence-electron chi connectivity index (χ3n) is 6.40. The van der Waals surface area contributed by atoms with Crippen LogP contribution in [0.2, 0.25) is 0 Å². The fourth-order valence-electron chi connectivity index (χ4n) is 4.36. The predicted octanol–water partition coefficient (Wildman–Crippen LogP) is 3.91. The minimum atomic E-state index is -0.161. The van der Waals surface area contributed by atoms with E-state index in [4.69, 9.17) is 4.52 Å². The van der Waals surface area contributed by atoms with Crippen LogP contribution in [0.1, 0.15) is 42.0 Å². The third kappa shape index (κ3) is 3.61. The van der Waals surface area contributed by atoms with Crippen LogP contribution in [-0.4, -0.2) is 32.1 Å². The highest BCUT2D eigenvalue weighted by Crippen LogP contribution is 2.33. The summed E-state index contributed by atoms with van der Waals surface area (Å²) in [5, 5.41) is 4.16. The first-order valence-electron chi connectivity index (χ1n) is 11.1. The van der Waals surface area contributed by atoms with Gasteiger partial charge in [-0.2, -0.15) is 4.98 Å². The van der Waals surface area contributed by atoms with E-state index in [1.807, 2.05) is 50.2 Å². The van der Waals surface area contributed by atoms with Crippen LogP contribution in [0.3, 0.4) is 0 Å². The highest BCUT2D eigenvalue weighted by atomic mass is 16.5. The van der Waals surface area contributed by atoms with Crippen molar-refractivity contribution in [2.24, 2.45) is 0 Å². The summed E-state index contributed by atoms with van der Waals surface area (Å²) in [7, 11) is 0. The van der Waals surface area contributed by atoms with Crippen molar-refractivity contribution in [2.45, 2.75) is 46.6 Å². The van der Waals surface area contributed by atoms with E-state index in [-0.39, 0.29) is 17.4 Å². The number of anilines is 1. The van der Waals surface area contributed by atoms with Crippen molar-refractivity contribution in [3.05, 3.63) is 69.5 Å². The van der Waals surface area contributed by atoms with Crippen molar-refractivity contribution in [1.29, 1.82) is 0 Å². The number of amides is 1. The number of carbonyl (C=O) groups excluding carboxylic acids is 1. The van der Waals surface area contributed by atoms with Gasteiger partial charge in [0, 0.05) is 30.8 Å². The van der Waals surface area contributed by atoms with E-state index in [9.17, 15) is 9.59 Å². The van der Waals surface area contributed by atoms with Crippen LogP contribution in [0, 0.1) is 20.8 Å². The van der Waals surface area contributed by atoms with Gasteiger partial charge in [-0.1, -0.05) is 11.2 Å². The maximum Gasteiger partial charge on any atom is 0.272 e. The molecule has 168 valence electrons. The number of aromatic nitrogens is 4. The fraction of sp³-hybridized carbons (Fsp3) is 0.320. The summed E-state index contributed by atoms with van der Waals surface area (Å²) in [6.45, 7) is 8.82. The number of hydrogen-bond donors (Lipinski definition) is 0. The molecule has 33 heavy (non-hydrogen) atoms. The molecule has 1 atom stereocenters. The van der Waals surface area contributed by atoms with Crippen molar-refractivity contribution in [2.75, 3.05) is 11.4 Å². The minimum absolute atomic E-state index is 0.0471. The molecule has 0 spiro atoms. The molecule has 3 heterocycles. The lowest BCUT2D eigenvalue weighted by Gasteiger charge is -2.17. The largest absolute Gasteiger partial charge is 0.339 e. The average Bonchev–Trinajstić information content (AvgIpc) is 3.43. The lowest BCUT2D eigenvalue weighted by molar-refractivity contribution is -0.117. The van der Waals surface area contributed by atoms with Crippen LogP contribution >= 0.6 is 0 Å². The smallest absolute Gasteiger partial charge is 0.272 e. The summed E-state index contributed by atoms with van der Waals surface area (Å²) in [5.74, 6) is 0.780. The van der Waals surface area contributed by atoms with Gasteiger partial charge in [0.1, 0.15) is 5.69 Å². The van der Waals surface area contributed by atoms with Crippen LogP contribution in [0.15, 0.2) is 45.7 Å². The molecular weight excluding hydrogens is 418 g/mol. The van der Waals surface area contributed by atoms with E-state index in [1.165, 1.54) is 5.56 Å². The molecule has 8 heteroatoms. The topological polar surface area (TPSA) is 94.1 Å². The van der Waals surface area contributed by atoms with Crippen LogP contribution in [-0.2, 0) is 11.3 Å². The van der Waals surface area contributed by atoms with Gasteiger partial charge in [-0.05, 0) is 69.2 Å². The summed E-state index contributed by atoms with van der Waals surface area (Å²) in [6, 6.07) is 11.6. The van der Waals surface area contributed by atoms with Gasteiger partial charge in [-0.25, -0.2) is 4.98 Å². The lowest BCUT2D eigenvalue weighted by atomic mass is 10.1. The number of aryl methyl sites for hydroxylation is 4. The Hall–Kier alpha value is -3.81. The molecule has 8 nitrogen and oxygen atoms in total. The van der Waals surface area contributed by atoms with Gasteiger partial charge in [0.25, 0.3) is 5.56 Å². The van der Waals surface area contributed by atoms with Crippen molar-refractivity contribution < 1.29 is 9.32 Å².